The number of hydrogen-bond donors (Lipinski definition) is 2. The Hall–Kier alpha value is -0.910. The van der Waals surface area contributed by atoms with E-state index in [1.807, 2.05) is 0 Å². The number of carbonyl (C=O) groups excluding carboxylic acids is 1. The Labute approximate surface area is 166 Å². The van der Waals surface area contributed by atoms with Crippen LogP contribution in [0.3, 0.4) is 0 Å². The summed E-state index contributed by atoms with van der Waals surface area (Å²) in [4.78, 5) is 11.7. The molecule has 2 aliphatic heterocycles. The molecule has 0 aromatic carbocycles. The predicted molar refractivity (Wildman–Crippen MR) is 101 cm³/mol. The summed E-state index contributed by atoms with van der Waals surface area (Å²) in [6, 6.07) is 0. The van der Waals surface area contributed by atoms with Gasteiger partial charge in [-0.25, -0.2) is 4.79 Å². The molecule has 2 heterocycles. The van der Waals surface area contributed by atoms with Crippen molar-refractivity contribution < 1.29 is 24.5 Å². The Bertz CT molecular complexity index is 777. The number of aliphatic hydroxyl groups is 2. The molecule has 1 spiro atoms. The average molecular weight is 389 g/mol. The third-order valence-corrected chi connectivity index (χ3v) is 10.3. The summed E-state index contributed by atoms with van der Waals surface area (Å²) in [7, 11) is 0. The molecule has 6 aliphatic rings. The lowest BCUT2D eigenvalue weighted by atomic mass is 9.43. The van der Waals surface area contributed by atoms with Gasteiger partial charge in [-0.1, -0.05) is 13.8 Å². The van der Waals surface area contributed by atoms with Crippen molar-refractivity contribution in [3.8, 4) is 0 Å². The Morgan fingerprint density at radius 2 is 1.93 bits per heavy atom. The maximum Gasteiger partial charge on any atom is 0.331 e. The van der Waals surface area contributed by atoms with Crippen molar-refractivity contribution in [2.24, 2.45) is 28.6 Å². The number of epoxide rings is 1. The van der Waals surface area contributed by atoms with Crippen molar-refractivity contribution in [2.75, 3.05) is 6.61 Å². The fourth-order valence-electron chi connectivity index (χ4n) is 8.79. The highest BCUT2D eigenvalue weighted by molar-refractivity contribution is 5.85. The van der Waals surface area contributed by atoms with E-state index in [0.29, 0.717) is 18.4 Å². The molecular weight excluding hydrogens is 356 g/mol. The van der Waals surface area contributed by atoms with Crippen LogP contribution in [0.5, 0.6) is 0 Å². The molecule has 4 aliphatic carbocycles. The van der Waals surface area contributed by atoms with Crippen LogP contribution in [0.2, 0.25) is 0 Å². The topological polar surface area (TPSA) is 79.3 Å². The van der Waals surface area contributed by atoms with Gasteiger partial charge in [-0.05, 0) is 80.1 Å². The molecule has 5 nitrogen and oxygen atoms in total. The van der Waals surface area contributed by atoms with Crippen molar-refractivity contribution in [2.45, 2.75) is 88.6 Å². The lowest BCUT2D eigenvalue weighted by Gasteiger charge is -2.62. The van der Waals surface area contributed by atoms with Crippen LogP contribution in [-0.4, -0.2) is 46.2 Å². The molecular formula is C23H32O5. The van der Waals surface area contributed by atoms with Crippen LogP contribution < -0.4 is 0 Å². The Kier molecular flexibility index (Phi) is 3.34. The predicted octanol–water partition coefficient (Wildman–Crippen LogP) is 2.74. The van der Waals surface area contributed by atoms with Gasteiger partial charge in [0, 0.05) is 11.5 Å². The molecule has 5 heteroatoms. The van der Waals surface area contributed by atoms with Crippen LogP contribution in [0.25, 0.3) is 0 Å². The number of fused-ring (bicyclic) bond motifs is 3. The summed E-state index contributed by atoms with van der Waals surface area (Å²) < 4.78 is 11.7. The first-order valence-corrected chi connectivity index (χ1v) is 11.2. The van der Waals surface area contributed by atoms with E-state index in [1.165, 1.54) is 0 Å². The van der Waals surface area contributed by atoms with Gasteiger partial charge in [0.15, 0.2) is 0 Å². The Morgan fingerprint density at radius 1 is 1.11 bits per heavy atom. The van der Waals surface area contributed by atoms with Crippen LogP contribution >= 0.6 is 0 Å². The third-order valence-electron chi connectivity index (χ3n) is 10.3. The summed E-state index contributed by atoms with van der Waals surface area (Å²) in [6.45, 7) is 5.02. The second-order valence-corrected chi connectivity index (χ2v) is 11.1. The molecule has 0 radical (unpaired) electrons. The number of esters is 1. The molecule has 1 unspecified atom stereocenters. The first-order chi connectivity index (χ1) is 13.2. The zero-order valence-electron chi connectivity index (χ0n) is 16.9. The summed E-state index contributed by atoms with van der Waals surface area (Å²) >= 11 is 0. The molecule has 2 N–H and O–H groups in total. The zero-order chi connectivity index (χ0) is 19.5. The van der Waals surface area contributed by atoms with E-state index in [2.05, 4.69) is 13.8 Å². The van der Waals surface area contributed by atoms with Gasteiger partial charge in [0.25, 0.3) is 0 Å². The minimum absolute atomic E-state index is 0.125. The zero-order valence-corrected chi connectivity index (χ0v) is 16.9. The number of aliphatic hydroxyl groups excluding tert-OH is 1. The van der Waals surface area contributed by atoms with E-state index < -0.39 is 11.2 Å². The molecule has 5 fully saturated rings. The average Bonchev–Trinajstić information content (AvgIpc) is 3.09. The number of hydrogen-bond acceptors (Lipinski definition) is 5. The van der Waals surface area contributed by atoms with Gasteiger partial charge < -0.3 is 19.7 Å². The van der Waals surface area contributed by atoms with E-state index in [1.54, 1.807) is 6.08 Å². The van der Waals surface area contributed by atoms with Gasteiger partial charge in [-0.2, -0.15) is 0 Å². The third kappa shape index (κ3) is 1.83. The minimum Gasteiger partial charge on any atom is -0.458 e. The van der Waals surface area contributed by atoms with Gasteiger partial charge in [-0.15, -0.1) is 0 Å². The molecule has 0 bridgehead atoms. The van der Waals surface area contributed by atoms with Crippen LogP contribution in [0.15, 0.2) is 11.6 Å². The summed E-state index contributed by atoms with van der Waals surface area (Å²) in [5.41, 5.74) is -0.319. The van der Waals surface area contributed by atoms with Crippen molar-refractivity contribution in [3.05, 3.63) is 11.6 Å². The normalized spacial score (nSPS) is 59.5. The molecule has 0 amide bonds. The summed E-state index contributed by atoms with van der Waals surface area (Å²) in [6.07, 6.45) is 9.05. The fourth-order valence-corrected chi connectivity index (χ4v) is 8.79. The first-order valence-electron chi connectivity index (χ1n) is 11.2. The lowest BCUT2D eigenvalue weighted by Crippen LogP contribution is -2.68. The molecule has 9 atom stereocenters. The first kappa shape index (κ1) is 17.9. The molecule has 1 saturated heterocycles. The van der Waals surface area contributed by atoms with E-state index >= 15 is 0 Å². The monoisotopic (exact) mass is 388 g/mol. The van der Waals surface area contributed by atoms with E-state index in [9.17, 15) is 15.0 Å². The van der Waals surface area contributed by atoms with E-state index in [4.69, 9.17) is 9.47 Å². The van der Waals surface area contributed by atoms with Crippen LogP contribution in [-0.2, 0) is 14.3 Å². The van der Waals surface area contributed by atoms with Crippen molar-refractivity contribution in [3.63, 3.8) is 0 Å². The summed E-state index contributed by atoms with van der Waals surface area (Å²) in [5.74, 6) is 0.817. The number of carbonyl (C=O) groups is 1. The largest absolute Gasteiger partial charge is 0.458 e. The SMILES string of the molecule is C[C@]12CC[C@H](O)CC1C[C@@H]1O[C@]13[C@@H]2CC[C@]1(C)[C@@H](C2=CC(=O)OC2)CC[C@]31O. The Morgan fingerprint density at radius 3 is 2.68 bits per heavy atom. The fraction of sp³-hybridized carbons (Fsp3) is 0.870. The van der Waals surface area contributed by atoms with Gasteiger partial charge in [-0.3, -0.25) is 0 Å². The number of ether oxygens (including phenoxy) is 2. The number of rotatable bonds is 1. The standard InChI is InChI=1S/C23H32O5/c1-20-6-3-15(24)10-14(20)11-18-23(28-18)17(20)5-7-21(2)16(4-8-22(21,23)26)13-9-19(25)27-12-13/h9,14-18,24,26H,3-8,10-12H2,1-2H3/t14?,15-,16+,17+,18-,20-,21+,22+,23+/m0/s1. The number of cyclic esters (lactones) is 1. The maximum atomic E-state index is 12.3. The highest BCUT2D eigenvalue weighted by atomic mass is 16.6. The quantitative estimate of drug-likeness (QED) is 0.533. The molecule has 0 aromatic heterocycles. The molecule has 0 aromatic rings. The van der Waals surface area contributed by atoms with Gasteiger partial charge in [0.2, 0.25) is 0 Å². The lowest BCUT2D eigenvalue weighted by molar-refractivity contribution is -0.203. The van der Waals surface area contributed by atoms with Gasteiger partial charge in [0.1, 0.15) is 17.8 Å². The van der Waals surface area contributed by atoms with Crippen LogP contribution in [0, 0.1) is 28.6 Å². The van der Waals surface area contributed by atoms with Crippen molar-refractivity contribution in [1.29, 1.82) is 0 Å². The van der Waals surface area contributed by atoms with Crippen LogP contribution in [0.1, 0.15) is 65.2 Å². The molecule has 6 rings (SSSR count). The van der Waals surface area contributed by atoms with Gasteiger partial charge in [0.05, 0.1) is 12.2 Å². The minimum atomic E-state index is -0.839. The maximum absolute atomic E-state index is 12.3. The second-order valence-electron chi connectivity index (χ2n) is 11.1. The van der Waals surface area contributed by atoms with Crippen LogP contribution in [0.4, 0.5) is 0 Å². The second kappa shape index (κ2) is 5.22. The highest BCUT2D eigenvalue weighted by Crippen LogP contribution is 2.77. The van der Waals surface area contributed by atoms with Crippen molar-refractivity contribution >= 4 is 5.97 Å². The smallest absolute Gasteiger partial charge is 0.331 e. The van der Waals surface area contributed by atoms with Gasteiger partial charge >= 0.3 is 5.97 Å². The van der Waals surface area contributed by atoms with Crippen molar-refractivity contribution in [1.82, 2.24) is 0 Å². The summed E-state index contributed by atoms with van der Waals surface area (Å²) in [5, 5.41) is 22.5. The van der Waals surface area contributed by atoms with E-state index in [0.717, 1.165) is 56.9 Å². The Balaban J connectivity index is 1.39. The molecule has 28 heavy (non-hydrogen) atoms. The highest BCUT2D eigenvalue weighted by Gasteiger charge is 2.84. The molecule has 154 valence electrons. The van der Waals surface area contributed by atoms with E-state index in [-0.39, 0.29) is 34.9 Å². The molecule has 4 saturated carbocycles.